The van der Waals surface area contributed by atoms with Crippen molar-refractivity contribution < 1.29 is 19.1 Å². The van der Waals surface area contributed by atoms with E-state index >= 15 is 0 Å². The summed E-state index contributed by atoms with van der Waals surface area (Å²) in [6.07, 6.45) is 2.85. The number of carbonyl (C=O) groups excluding carboxylic acids is 2. The van der Waals surface area contributed by atoms with Crippen LogP contribution in [-0.2, 0) is 0 Å². The molecule has 1 aliphatic rings. The van der Waals surface area contributed by atoms with Crippen LogP contribution in [0.5, 0.6) is 0 Å². The molecule has 1 aliphatic heterocycles. The molecule has 2 aromatic rings. The normalized spacial score (nSPS) is 16.8. The number of likely N-dealkylation sites (tertiary alicyclic amines) is 1. The minimum Gasteiger partial charge on any atom is -0.451 e. The van der Waals surface area contributed by atoms with Crippen LogP contribution in [0.2, 0.25) is 0 Å². The number of nitrogens with zero attached hydrogens (tertiary/aromatic N) is 2. The Bertz CT molecular complexity index is 808. The molecule has 2 heterocycles. The van der Waals surface area contributed by atoms with E-state index < -0.39 is 0 Å². The first-order valence-corrected chi connectivity index (χ1v) is 10.00. The maximum Gasteiger partial charge on any atom is 0.289 e. The Kier molecular flexibility index (Phi) is 6.52. The van der Waals surface area contributed by atoms with E-state index in [1.807, 2.05) is 26.0 Å². The van der Waals surface area contributed by atoms with Crippen molar-refractivity contribution >= 4 is 11.8 Å². The average Bonchev–Trinajstić information content (AvgIpc) is 3.24. The number of aliphatic hydroxyl groups is 1. The lowest BCUT2D eigenvalue weighted by Gasteiger charge is -2.34. The van der Waals surface area contributed by atoms with E-state index in [2.05, 4.69) is 0 Å². The average molecular weight is 384 g/mol. The smallest absolute Gasteiger partial charge is 0.289 e. The zero-order valence-electron chi connectivity index (χ0n) is 16.6. The molecule has 6 nitrogen and oxygen atoms in total. The van der Waals surface area contributed by atoms with Crippen molar-refractivity contribution in [3.63, 3.8) is 0 Å². The summed E-state index contributed by atoms with van der Waals surface area (Å²) in [5.74, 6) is 0.740. The van der Waals surface area contributed by atoms with Gasteiger partial charge in [0, 0.05) is 30.8 Å². The maximum absolute atomic E-state index is 12.8. The van der Waals surface area contributed by atoms with Crippen LogP contribution in [0.1, 0.15) is 54.0 Å². The lowest BCUT2D eigenvalue weighted by molar-refractivity contribution is 0.0503. The van der Waals surface area contributed by atoms with E-state index in [0.717, 1.165) is 24.8 Å². The molecule has 1 fully saturated rings. The molecule has 1 saturated heterocycles. The van der Waals surface area contributed by atoms with Gasteiger partial charge in [-0.3, -0.25) is 9.59 Å². The van der Waals surface area contributed by atoms with Gasteiger partial charge in [-0.25, -0.2) is 0 Å². The summed E-state index contributed by atoms with van der Waals surface area (Å²) in [4.78, 5) is 28.7. The molecule has 0 aliphatic carbocycles. The molecule has 1 aromatic carbocycles. The standard InChI is InChI=1S/C22H28N2O4/c1-3-23(4-2)22(27)20-13-12-19(28-20)16-8-10-17(11-9-16)21(26)24-14-6-5-7-18(24)15-25/h8-13,18,25H,3-7,14-15H2,1-2H3. The van der Waals surface area contributed by atoms with E-state index in [0.29, 0.717) is 36.7 Å². The Labute approximate surface area is 165 Å². The summed E-state index contributed by atoms with van der Waals surface area (Å²) in [7, 11) is 0. The van der Waals surface area contributed by atoms with Gasteiger partial charge in [0.05, 0.1) is 12.6 Å². The Hall–Kier alpha value is -2.60. The SMILES string of the molecule is CCN(CC)C(=O)c1ccc(-c2ccc(C(=O)N3CCCCC3CO)cc2)o1. The molecule has 1 unspecified atom stereocenters. The molecule has 1 N–H and O–H groups in total. The van der Waals surface area contributed by atoms with E-state index in [9.17, 15) is 14.7 Å². The van der Waals surface area contributed by atoms with Gasteiger partial charge >= 0.3 is 0 Å². The second-order valence-corrected chi connectivity index (χ2v) is 7.05. The number of furan rings is 1. The van der Waals surface area contributed by atoms with Crippen molar-refractivity contribution in [2.45, 2.75) is 39.2 Å². The minimum atomic E-state index is -0.122. The monoisotopic (exact) mass is 384 g/mol. The molecule has 1 aromatic heterocycles. The van der Waals surface area contributed by atoms with Gasteiger partial charge in [-0.1, -0.05) is 12.1 Å². The first-order chi connectivity index (χ1) is 13.6. The van der Waals surface area contributed by atoms with Crippen LogP contribution < -0.4 is 0 Å². The van der Waals surface area contributed by atoms with E-state index in [1.165, 1.54) is 0 Å². The lowest BCUT2D eigenvalue weighted by Crippen LogP contribution is -2.45. The van der Waals surface area contributed by atoms with Gasteiger partial charge < -0.3 is 19.3 Å². The molecule has 0 saturated carbocycles. The van der Waals surface area contributed by atoms with Crippen LogP contribution in [0.15, 0.2) is 40.8 Å². The van der Waals surface area contributed by atoms with Crippen LogP contribution in [0.25, 0.3) is 11.3 Å². The van der Waals surface area contributed by atoms with Gasteiger partial charge in [0.25, 0.3) is 11.8 Å². The number of piperidine rings is 1. The van der Waals surface area contributed by atoms with Crippen LogP contribution in [-0.4, -0.2) is 59.0 Å². The lowest BCUT2D eigenvalue weighted by atomic mass is 10.0. The van der Waals surface area contributed by atoms with Crippen LogP contribution in [0.4, 0.5) is 0 Å². The van der Waals surface area contributed by atoms with Gasteiger partial charge in [0.2, 0.25) is 0 Å². The Balaban J connectivity index is 1.74. The van der Waals surface area contributed by atoms with Crippen LogP contribution >= 0.6 is 0 Å². The van der Waals surface area contributed by atoms with Gasteiger partial charge in [-0.05, 0) is 57.4 Å². The summed E-state index contributed by atoms with van der Waals surface area (Å²) in [6, 6.07) is 10.6. The molecule has 0 radical (unpaired) electrons. The van der Waals surface area contributed by atoms with Gasteiger partial charge in [-0.15, -0.1) is 0 Å². The van der Waals surface area contributed by atoms with Crippen molar-refractivity contribution in [2.75, 3.05) is 26.2 Å². The number of amides is 2. The van der Waals surface area contributed by atoms with Crippen LogP contribution in [0, 0.1) is 0 Å². The predicted octanol–water partition coefficient (Wildman–Crippen LogP) is 3.42. The second-order valence-electron chi connectivity index (χ2n) is 7.05. The summed E-state index contributed by atoms with van der Waals surface area (Å²) in [5.41, 5.74) is 1.41. The first kappa shape index (κ1) is 20.1. The third-order valence-corrected chi connectivity index (χ3v) is 5.38. The fourth-order valence-corrected chi connectivity index (χ4v) is 3.68. The number of benzene rings is 1. The first-order valence-electron chi connectivity index (χ1n) is 10.00. The van der Waals surface area contributed by atoms with Crippen molar-refractivity contribution in [3.8, 4) is 11.3 Å². The summed E-state index contributed by atoms with van der Waals surface area (Å²) in [6.45, 7) is 5.82. The molecule has 3 rings (SSSR count). The second kappa shape index (κ2) is 9.06. The zero-order chi connectivity index (χ0) is 20.1. The topological polar surface area (TPSA) is 74.0 Å². The molecule has 6 heteroatoms. The molecule has 0 spiro atoms. The predicted molar refractivity (Wildman–Crippen MR) is 107 cm³/mol. The van der Waals surface area contributed by atoms with E-state index in [4.69, 9.17) is 4.42 Å². The Morgan fingerprint density at radius 2 is 1.82 bits per heavy atom. The van der Waals surface area contributed by atoms with Gasteiger partial charge in [0.15, 0.2) is 5.76 Å². The largest absolute Gasteiger partial charge is 0.451 e. The summed E-state index contributed by atoms with van der Waals surface area (Å²) >= 11 is 0. The highest BCUT2D eigenvalue weighted by Gasteiger charge is 2.27. The summed E-state index contributed by atoms with van der Waals surface area (Å²) < 4.78 is 5.75. The number of aliphatic hydroxyl groups excluding tert-OH is 1. The number of hydrogen-bond acceptors (Lipinski definition) is 4. The third-order valence-electron chi connectivity index (χ3n) is 5.38. The molecule has 2 amide bonds. The highest BCUT2D eigenvalue weighted by Crippen LogP contribution is 2.25. The molecule has 150 valence electrons. The molecule has 0 bridgehead atoms. The molecular formula is C22H28N2O4. The van der Waals surface area contributed by atoms with Gasteiger partial charge in [0.1, 0.15) is 5.76 Å². The number of carbonyl (C=O) groups is 2. The minimum absolute atomic E-state index is 0.000434. The number of rotatable bonds is 6. The Morgan fingerprint density at radius 1 is 1.11 bits per heavy atom. The van der Waals surface area contributed by atoms with Crippen LogP contribution in [0.3, 0.4) is 0 Å². The molecule has 28 heavy (non-hydrogen) atoms. The highest BCUT2D eigenvalue weighted by atomic mass is 16.4. The highest BCUT2D eigenvalue weighted by molar-refractivity contribution is 5.95. The van der Waals surface area contributed by atoms with Gasteiger partial charge in [-0.2, -0.15) is 0 Å². The van der Waals surface area contributed by atoms with E-state index in [-0.39, 0.29) is 24.5 Å². The quantitative estimate of drug-likeness (QED) is 0.828. The fourth-order valence-electron chi connectivity index (χ4n) is 3.68. The third kappa shape index (κ3) is 4.12. The van der Waals surface area contributed by atoms with Crippen molar-refractivity contribution in [1.82, 2.24) is 9.80 Å². The molecular weight excluding hydrogens is 356 g/mol. The van der Waals surface area contributed by atoms with Crippen molar-refractivity contribution in [1.29, 1.82) is 0 Å². The molecule has 1 atom stereocenters. The maximum atomic E-state index is 12.8. The zero-order valence-corrected chi connectivity index (χ0v) is 16.6. The van der Waals surface area contributed by atoms with Crippen molar-refractivity contribution in [3.05, 3.63) is 47.7 Å². The van der Waals surface area contributed by atoms with E-state index in [1.54, 1.807) is 34.1 Å². The van der Waals surface area contributed by atoms with Crippen molar-refractivity contribution in [2.24, 2.45) is 0 Å². The Morgan fingerprint density at radius 3 is 2.46 bits per heavy atom. The summed E-state index contributed by atoms with van der Waals surface area (Å²) in [5, 5.41) is 9.53. The fraction of sp³-hybridized carbons (Fsp3) is 0.455. The number of hydrogen-bond donors (Lipinski definition) is 1.